The van der Waals surface area contributed by atoms with Gasteiger partial charge in [0.2, 0.25) is 0 Å². The smallest absolute Gasteiger partial charge is 0.462 e. The number of hydrogen-bond acceptors (Lipinski definition) is 7. The molecule has 0 fully saturated rings. The summed E-state index contributed by atoms with van der Waals surface area (Å²) in [6, 6.07) is 0. The quantitative estimate of drug-likeness (QED) is 0.0211. The molecule has 0 aromatic rings. The third kappa shape index (κ3) is 72.0. The number of carbonyl (C=O) groups excluding carboxylic acids is 2. The first kappa shape index (κ1) is 84.9. The van der Waals surface area contributed by atoms with Gasteiger partial charge in [-0.2, -0.15) is 0 Å². The van der Waals surface area contributed by atoms with Gasteiger partial charge >= 0.3 is 19.8 Å². The lowest BCUT2D eigenvalue weighted by molar-refractivity contribution is -0.870. The molecule has 0 rings (SSSR count). The lowest BCUT2D eigenvalue weighted by Gasteiger charge is -2.24. The topological polar surface area (TPSA) is 108 Å². The molecule has 1 N–H and O–H groups in total. The van der Waals surface area contributed by atoms with Gasteiger partial charge in [-0.25, -0.2) is 4.57 Å². The normalized spacial score (nSPS) is 13.7. The Kier molecular flexibility index (Phi) is 65.9. The van der Waals surface area contributed by atoms with Crippen molar-refractivity contribution < 1.29 is 42.1 Å². The minimum Gasteiger partial charge on any atom is -0.462 e. The van der Waals surface area contributed by atoms with E-state index in [0.717, 1.165) is 89.9 Å². The van der Waals surface area contributed by atoms with Crippen molar-refractivity contribution >= 4 is 19.8 Å². The molecule has 0 saturated carbocycles. The third-order valence-corrected chi connectivity index (χ3v) is 17.1. The Morgan fingerprint density at radius 2 is 0.614 bits per heavy atom. The fraction of sp³-hybridized carbons (Fsp3) is 0.769. The number of quaternary nitrogens is 1. The van der Waals surface area contributed by atoms with E-state index in [4.69, 9.17) is 18.5 Å². The summed E-state index contributed by atoms with van der Waals surface area (Å²) >= 11 is 0. The molecule has 88 heavy (non-hydrogen) atoms. The van der Waals surface area contributed by atoms with Crippen molar-refractivity contribution in [1.29, 1.82) is 0 Å². The Bertz CT molecular complexity index is 1810. The SMILES string of the molecule is CC/C=C\C/C=C\C/C=C\C/C=C\CCCCCCCCCCCCCCCCCCCCCCCCCCCCCCC(=O)OC(COC(=O)CCCCCCCCCCCC/C=C\C/C=C\C/C=C\C/C=C\CC)COP(=O)(O)OCC[N+](C)(C)C. The highest BCUT2D eigenvalue weighted by Gasteiger charge is 2.27. The number of likely N-dealkylation sites (N-methyl/N-ethyl adjacent to an activating group) is 1. The number of unbranched alkanes of at least 4 members (excludes halogenated alkanes) is 38. The summed E-state index contributed by atoms with van der Waals surface area (Å²) in [4.78, 5) is 35.9. The van der Waals surface area contributed by atoms with Crippen LogP contribution in [0.5, 0.6) is 0 Å². The maximum Gasteiger partial charge on any atom is 0.472 e. The van der Waals surface area contributed by atoms with E-state index < -0.39 is 26.5 Å². The maximum absolute atomic E-state index is 12.9. The summed E-state index contributed by atoms with van der Waals surface area (Å²) in [6.45, 7) is 4.24. The number of rotatable bonds is 68. The van der Waals surface area contributed by atoms with Crippen LogP contribution in [0.2, 0.25) is 0 Å². The molecule has 0 aromatic heterocycles. The molecule has 0 aromatic carbocycles. The Hall–Kier alpha value is -3.07. The molecule has 10 heteroatoms. The van der Waals surface area contributed by atoms with Gasteiger partial charge in [-0.1, -0.05) is 329 Å². The molecule has 0 aliphatic carbocycles. The number of phosphoric ester groups is 1. The number of ether oxygens (including phenoxy) is 2. The van der Waals surface area contributed by atoms with Crippen LogP contribution < -0.4 is 0 Å². The minimum atomic E-state index is -4.40. The van der Waals surface area contributed by atoms with Crippen LogP contribution in [0, 0.1) is 0 Å². The zero-order valence-corrected chi connectivity index (χ0v) is 59.1. The second kappa shape index (κ2) is 68.3. The number of phosphoric acid groups is 1. The average Bonchev–Trinajstić information content (AvgIpc) is 3.58. The summed E-state index contributed by atoms with van der Waals surface area (Å²) < 4.78 is 34.7. The molecule has 2 atom stereocenters. The molecule has 0 aliphatic rings. The van der Waals surface area contributed by atoms with E-state index in [2.05, 4.69) is 111 Å². The van der Waals surface area contributed by atoms with Crippen LogP contribution in [0.3, 0.4) is 0 Å². The highest BCUT2D eigenvalue weighted by Crippen LogP contribution is 2.43. The van der Waals surface area contributed by atoms with Gasteiger partial charge in [0, 0.05) is 12.8 Å². The maximum atomic E-state index is 12.9. The van der Waals surface area contributed by atoms with E-state index >= 15 is 0 Å². The predicted octanol–water partition coefficient (Wildman–Crippen LogP) is 24.3. The summed E-state index contributed by atoms with van der Waals surface area (Å²) in [5.41, 5.74) is 0. The molecule has 0 aliphatic heterocycles. The number of esters is 2. The Morgan fingerprint density at radius 1 is 0.352 bits per heavy atom. The van der Waals surface area contributed by atoms with E-state index in [-0.39, 0.29) is 32.0 Å². The molecule has 0 amide bonds. The van der Waals surface area contributed by atoms with Crippen molar-refractivity contribution in [2.45, 2.75) is 341 Å². The van der Waals surface area contributed by atoms with Crippen LogP contribution in [0.25, 0.3) is 0 Å². The molecular formula is C78H141NO8P+. The summed E-state index contributed by atoms with van der Waals surface area (Å²) in [5, 5.41) is 0. The highest BCUT2D eigenvalue weighted by atomic mass is 31.2. The summed E-state index contributed by atoms with van der Waals surface area (Å²) in [6.07, 6.45) is 95.4. The van der Waals surface area contributed by atoms with E-state index in [9.17, 15) is 19.0 Å². The zero-order chi connectivity index (χ0) is 64.1. The second-order valence-electron chi connectivity index (χ2n) is 25.9. The molecule has 0 saturated heterocycles. The zero-order valence-electron chi connectivity index (χ0n) is 58.2. The Balaban J connectivity index is 3.92. The fourth-order valence-electron chi connectivity index (χ4n) is 10.5. The first-order chi connectivity index (χ1) is 43.0. The van der Waals surface area contributed by atoms with Crippen LogP contribution in [0.15, 0.2) is 97.2 Å². The van der Waals surface area contributed by atoms with Crippen LogP contribution in [-0.2, 0) is 32.7 Å². The lowest BCUT2D eigenvalue weighted by atomic mass is 10.0. The lowest BCUT2D eigenvalue weighted by Crippen LogP contribution is -2.37. The van der Waals surface area contributed by atoms with Crippen LogP contribution in [0.4, 0.5) is 0 Å². The Morgan fingerprint density at radius 3 is 0.909 bits per heavy atom. The van der Waals surface area contributed by atoms with E-state index in [0.29, 0.717) is 17.4 Å². The van der Waals surface area contributed by atoms with Crippen molar-refractivity contribution in [3.63, 3.8) is 0 Å². The van der Waals surface area contributed by atoms with Gasteiger partial charge in [0.15, 0.2) is 6.10 Å². The molecule has 0 radical (unpaired) electrons. The van der Waals surface area contributed by atoms with E-state index in [1.165, 1.54) is 212 Å². The highest BCUT2D eigenvalue weighted by molar-refractivity contribution is 7.47. The minimum absolute atomic E-state index is 0.0299. The molecule has 2 unspecified atom stereocenters. The number of allylic oxidation sites excluding steroid dienone is 16. The van der Waals surface area contributed by atoms with Crippen LogP contribution >= 0.6 is 7.82 Å². The first-order valence-corrected chi connectivity index (χ1v) is 38.5. The van der Waals surface area contributed by atoms with E-state index in [1.54, 1.807) is 0 Å². The van der Waals surface area contributed by atoms with Crippen LogP contribution in [-0.4, -0.2) is 74.9 Å². The molecule has 0 heterocycles. The first-order valence-electron chi connectivity index (χ1n) is 37.0. The largest absolute Gasteiger partial charge is 0.472 e. The van der Waals surface area contributed by atoms with Crippen molar-refractivity contribution in [1.82, 2.24) is 0 Å². The molecular weight excluding hydrogens is 1110 g/mol. The summed E-state index contributed by atoms with van der Waals surface area (Å²) in [7, 11) is 1.48. The molecule has 0 bridgehead atoms. The fourth-order valence-corrected chi connectivity index (χ4v) is 11.3. The standard InChI is InChI=1S/C78H140NO8P/c1-6-8-10-12-14-16-18-20-22-24-26-28-30-31-32-33-34-35-36-37-38-39-40-41-42-43-44-45-46-47-49-51-53-55-57-59-61-63-65-67-69-71-78(81)87-76(75-86-88(82,83)85-73-72-79(3,4)5)74-84-77(80)70-68-66-64-62-60-58-56-54-52-50-48-29-27-25-23-21-19-17-15-13-11-9-7-2/h8-11,14-17,20-23,26-29,76H,6-7,12-13,18-19,24-25,30-75H2,1-5H3/p+1/b10-8-,11-9-,16-14-,17-15-,22-20-,23-21-,28-26-,29-27-. The van der Waals surface area contributed by atoms with Gasteiger partial charge in [-0.05, 0) is 89.9 Å². The van der Waals surface area contributed by atoms with Crippen molar-refractivity contribution in [3.8, 4) is 0 Å². The van der Waals surface area contributed by atoms with Gasteiger partial charge in [-0.15, -0.1) is 0 Å². The molecule has 510 valence electrons. The van der Waals surface area contributed by atoms with Gasteiger partial charge in [0.25, 0.3) is 0 Å². The van der Waals surface area contributed by atoms with E-state index in [1.807, 2.05) is 21.1 Å². The van der Waals surface area contributed by atoms with Gasteiger partial charge < -0.3 is 18.9 Å². The molecule has 9 nitrogen and oxygen atoms in total. The van der Waals surface area contributed by atoms with Crippen molar-refractivity contribution in [2.75, 3.05) is 47.5 Å². The van der Waals surface area contributed by atoms with Crippen molar-refractivity contribution in [2.24, 2.45) is 0 Å². The van der Waals surface area contributed by atoms with Crippen LogP contribution in [0.1, 0.15) is 335 Å². The van der Waals surface area contributed by atoms with Gasteiger partial charge in [0.1, 0.15) is 19.8 Å². The monoisotopic (exact) mass is 1250 g/mol. The molecule has 0 spiro atoms. The van der Waals surface area contributed by atoms with Gasteiger partial charge in [-0.3, -0.25) is 18.6 Å². The number of carbonyl (C=O) groups is 2. The number of hydrogen-bond donors (Lipinski definition) is 1. The third-order valence-electron chi connectivity index (χ3n) is 16.1. The summed E-state index contributed by atoms with van der Waals surface area (Å²) in [5.74, 6) is -0.791. The average molecular weight is 1250 g/mol. The second-order valence-corrected chi connectivity index (χ2v) is 27.4. The van der Waals surface area contributed by atoms with Crippen molar-refractivity contribution in [3.05, 3.63) is 97.2 Å². The predicted molar refractivity (Wildman–Crippen MR) is 381 cm³/mol. The number of nitrogens with zero attached hydrogens (tertiary/aromatic N) is 1. The Labute approximate surface area is 544 Å². The van der Waals surface area contributed by atoms with Gasteiger partial charge in [0.05, 0.1) is 27.7 Å².